The van der Waals surface area contributed by atoms with Gasteiger partial charge in [-0.15, -0.1) is 0 Å². The topological polar surface area (TPSA) is 66.1 Å². The third-order valence-corrected chi connectivity index (χ3v) is 5.52. The van der Waals surface area contributed by atoms with Crippen LogP contribution in [-0.2, 0) is 6.42 Å². The van der Waals surface area contributed by atoms with Crippen LogP contribution in [0.15, 0.2) is 64.2 Å². The molecule has 2 heterocycles. The lowest BCUT2D eigenvalue weighted by molar-refractivity contribution is 0.367. The highest BCUT2D eigenvalue weighted by molar-refractivity contribution is 5.80. The zero-order chi connectivity index (χ0) is 22.3. The number of aliphatic imine (C=N–C) groups is 1. The molecule has 32 heavy (non-hydrogen) atoms. The summed E-state index contributed by atoms with van der Waals surface area (Å²) >= 11 is 0. The van der Waals surface area contributed by atoms with Gasteiger partial charge < -0.3 is 24.3 Å². The third-order valence-electron chi connectivity index (χ3n) is 5.52. The molecular formula is C24H28FN5O2. The van der Waals surface area contributed by atoms with E-state index >= 15 is 0 Å². The third kappa shape index (κ3) is 5.01. The van der Waals surface area contributed by atoms with Gasteiger partial charge in [-0.25, -0.2) is 9.37 Å². The zero-order valence-electron chi connectivity index (χ0n) is 18.4. The van der Waals surface area contributed by atoms with Crippen molar-refractivity contribution in [3.8, 4) is 17.2 Å². The molecule has 0 saturated carbocycles. The van der Waals surface area contributed by atoms with E-state index in [1.165, 1.54) is 12.1 Å². The Labute approximate surface area is 187 Å². The smallest absolute Gasteiger partial charge is 0.226 e. The van der Waals surface area contributed by atoms with Gasteiger partial charge in [-0.05, 0) is 36.4 Å². The normalized spacial score (nSPS) is 14.5. The average Bonchev–Trinajstić information content (AvgIpc) is 3.31. The molecule has 1 aromatic heterocycles. The summed E-state index contributed by atoms with van der Waals surface area (Å²) in [6, 6.07) is 14.2. The first-order valence-electron chi connectivity index (χ1n) is 10.7. The standard InChI is InChI=1S/C24H28FN5O2/c1-26-24(30-15-13-29(14-16-30)21-5-3-4-6-22(21)31-2)27-12-11-20-17-32-23(28-20)18-7-9-19(25)10-8-18/h3-10,17H,11-16H2,1-2H3,(H,26,27). The summed E-state index contributed by atoms with van der Waals surface area (Å²) in [7, 11) is 3.51. The minimum atomic E-state index is -0.278. The molecule has 1 N–H and O–H groups in total. The van der Waals surface area contributed by atoms with Crippen LogP contribution in [0.2, 0.25) is 0 Å². The number of ether oxygens (including phenoxy) is 1. The van der Waals surface area contributed by atoms with Crippen molar-refractivity contribution in [2.24, 2.45) is 4.99 Å². The molecule has 8 heteroatoms. The van der Waals surface area contributed by atoms with Crippen molar-refractivity contribution in [1.29, 1.82) is 0 Å². The van der Waals surface area contributed by atoms with E-state index in [1.807, 2.05) is 18.2 Å². The first-order valence-corrected chi connectivity index (χ1v) is 10.7. The van der Waals surface area contributed by atoms with Crippen molar-refractivity contribution >= 4 is 11.6 Å². The summed E-state index contributed by atoms with van der Waals surface area (Å²) in [6.45, 7) is 4.22. The molecule has 0 unspecified atom stereocenters. The highest BCUT2D eigenvalue weighted by Gasteiger charge is 2.21. The maximum absolute atomic E-state index is 13.1. The van der Waals surface area contributed by atoms with Crippen LogP contribution >= 0.6 is 0 Å². The Morgan fingerprint density at radius 1 is 1.12 bits per heavy atom. The minimum absolute atomic E-state index is 0.278. The average molecular weight is 438 g/mol. The number of benzene rings is 2. The molecule has 3 aromatic rings. The Morgan fingerprint density at radius 3 is 2.59 bits per heavy atom. The maximum atomic E-state index is 13.1. The molecule has 0 amide bonds. The number of methoxy groups -OCH3 is 1. The summed E-state index contributed by atoms with van der Waals surface area (Å²) in [4.78, 5) is 13.6. The van der Waals surface area contributed by atoms with Gasteiger partial charge in [0.05, 0.1) is 18.5 Å². The second-order valence-corrected chi connectivity index (χ2v) is 7.52. The highest BCUT2D eigenvalue weighted by Crippen LogP contribution is 2.28. The summed E-state index contributed by atoms with van der Waals surface area (Å²) < 4.78 is 24.1. The van der Waals surface area contributed by atoms with Gasteiger partial charge in [0.2, 0.25) is 5.89 Å². The van der Waals surface area contributed by atoms with Crippen molar-refractivity contribution in [3.63, 3.8) is 0 Å². The number of nitrogens with one attached hydrogen (secondary N) is 1. The number of halogens is 1. The molecule has 2 aromatic carbocycles. The Balaban J connectivity index is 1.27. The van der Waals surface area contributed by atoms with Crippen LogP contribution in [0, 0.1) is 5.82 Å². The first-order chi connectivity index (χ1) is 15.7. The van der Waals surface area contributed by atoms with Gasteiger partial charge >= 0.3 is 0 Å². The lowest BCUT2D eigenvalue weighted by atomic mass is 10.2. The molecule has 4 rings (SSSR count). The number of oxazole rings is 1. The van der Waals surface area contributed by atoms with Gasteiger partial charge in [0.1, 0.15) is 17.8 Å². The van der Waals surface area contributed by atoms with Crippen molar-refractivity contribution in [2.75, 3.05) is 51.8 Å². The van der Waals surface area contributed by atoms with E-state index in [1.54, 1.807) is 32.6 Å². The summed E-state index contributed by atoms with van der Waals surface area (Å²) in [5.74, 6) is 2.00. The van der Waals surface area contributed by atoms with Crippen LogP contribution in [0.25, 0.3) is 11.5 Å². The van der Waals surface area contributed by atoms with E-state index in [4.69, 9.17) is 9.15 Å². The molecular weight excluding hydrogens is 409 g/mol. The van der Waals surface area contributed by atoms with Crippen LogP contribution in [0.4, 0.5) is 10.1 Å². The molecule has 1 aliphatic heterocycles. The van der Waals surface area contributed by atoms with E-state index in [-0.39, 0.29) is 5.82 Å². The molecule has 1 fully saturated rings. The molecule has 0 atom stereocenters. The van der Waals surface area contributed by atoms with Gasteiger partial charge in [0.15, 0.2) is 5.96 Å². The lowest BCUT2D eigenvalue weighted by Gasteiger charge is -2.38. The monoisotopic (exact) mass is 437 g/mol. The fourth-order valence-corrected chi connectivity index (χ4v) is 3.83. The van der Waals surface area contributed by atoms with Crippen molar-refractivity contribution in [2.45, 2.75) is 6.42 Å². The number of aromatic nitrogens is 1. The predicted molar refractivity (Wildman–Crippen MR) is 124 cm³/mol. The molecule has 1 saturated heterocycles. The Morgan fingerprint density at radius 2 is 1.88 bits per heavy atom. The Kier molecular flexibility index (Phi) is 6.89. The summed E-state index contributed by atoms with van der Waals surface area (Å²) in [5.41, 5.74) is 2.73. The first kappa shape index (κ1) is 21.7. The molecule has 0 aliphatic carbocycles. The fraction of sp³-hybridized carbons (Fsp3) is 0.333. The van der Waals surface area contributed by atoms with E-state index in [0.29, 0.717) is 18.9 Å². The van der Waals surface area contributed by atoms with Gasteiger partial charge in [-0.2, -0.15) is 0 Å². The molecule has 0 radical (unpaired) electrons. The number of guanidine groups is 1. The number of para-hydroxylation sites is 2. The van der Waals surface area contributed by atoms with Gasteiger partial charge in [0, 0.05) is 51.8 Å². The van der Waals surface area contributed by atoms with Crippen molar-refractivity contribution < 1.29 is 13.5 Å². The second kappa shape index (κ2) is 10.2. The fourth-order valence-electron chi connectivity index (χ4n) is 3.83. The number of hydrogen-bond acceptors (Lipinski definition) is 5. The maximum Gasteiger partial charge on any atom is 0.226 e. The highest BCUT2D eigenvalue weighted by atomic mass is 19.1. The van der Waals surface area contributed by atoms with Crippen molar-refractivity contribution in [3.05, 3.63) is 66.3 Å². The van der Waals surface area contributed by atoms with E-state index in [9.17, 15) is 4.39 Å². The van der Waals surface area contributed by atoms with Crippen molar-refractivity contribution in [1.82, 2.24) is 15.2 Å². The second-order valence-electron chi connectivity index (χ2n) is 7.52. The van der Waals surface area contributed by atoms with Crippen LogP contribution < -0.4 is 15.0 Å². The van der Waals surface area contributed by atoms with Crippen LogP contribution in [0.3, 0.4) is 0 Å². The molecule has 0 bridgehead atoms. The minimum Gasteiger partial charge on any atom is -0.495 e. The van der Waals surface area contributed by atoms with Crippen LogP contribution in [0.5, 0.6) is 5.75 Å². The van der Waals surface area contributed by atoms with Gasteiger partial charge in [0.25, 0.3) is 0 Å². The summed E-state index contributed by atoms with van der Waals surface area (Å²) in [6.07, 6.45) is 2.35. The molecule has 0 spiro atoms. The number of rotatable bonds is 6. The van der Waals surface area contributed by atoms with E-state index < -0.39 is 0 Å². The van der Waals surface area contributed by atoms with Crippen LogP contribution in [0.1, 0.15) is 5.69 Å². The number of anilines is 1. The lowest BCUT2D eigenvalue weighted by Crippen LogP contribution is -2.52. The zero-order valence-corrected chi connectivity index (χ0v) is 18.4. The Bertz CT molecular complexity index is 1040. The summed E-state index contributed by atoms with van der Waals surface area (Å²) in [5, 5.41) is 3.42. The molecule has 168 valence electrons. The number of piperazine rings is 1. The van der Waals surface area contributed by atoms with Gasteiger partial charge in [-0.3, -0.25) is 4.99 Å². The van der Waals surface area contributed by atoms with E-state index in [2.05, 4.69) is 31.2 Å². The quantitative estimate of drug-likeness (QED) is 0.471. The Hall–Kier alpha value is -3.55. The molecule has 1 aliphatic rings. The largest absolute Gasteiger partial charge is 0.495 e. The van der Waals surface area contributed by atoms with Crippen LogP contribution in [-0.4, -0.2) is 62.7 Å². The molecule has 7 nitrogen and oxygen atoms in total. The van der Waals surface area contributed by atoms with E-state index in [0.717, 1.165) is 54.8 Å². The number of nitrogens with zero attached hydrogens (tertiary/aromatic N) is 4. The SMILES string of the molecule is CN=C(NCCc1coc(-c2ccc(F)cc2)n1)N1CCN(c2ccccc2OC)CC1. The number of hydrogen-bond donors (Lipinski definition) is 1. The predicted octanol–water partition coefficient (Wildman–Crippen LogP) is 3.43. The van der Waals surface area contributed by atoms with Gasteiger partial charge in [-0.1, -0.05) is 12.1 Å².